The number of nitrogens with zero attached hydrogens (tertiary/aromatic N) is 4. The largest absolute Gasteiger partial charge is 0.478 e. The van der Waals surface area contributed by atoms with Crippen molar-refractivity contribution in [2.24, 2.45) is 0 Å². The number of hydrogen-bond donors (Lipinski definition) is 1. The van der Waals surface area contributed by atoms with E-state index in [4.69, 9.17) is 4.74 Å². The Balaban J connectivity index is 1.80. The van der Waals surface area contributed by atoms with Gasteiger partial charge in [-0.1, -0.05) is 0 Å². The summed E-state index contributed by atoms with van der Waals surface area (Å²) in [7, 11) is 0. The molecule has 24 heavy (non-hydrogen) atoms. The van der Waals surface area contributed by atoms with E-state index in [1.807, 2.05) is 19.9 Å². The van der Waals surface area contributed by atoms with Crippen LogP contribution < -0.4 is 10.1 Å². The molecule has 0 saturated heterocycles. The van der Waals surface area contributed by atoms with Gasteiger partial charge in [0.1, 0.15) is 5.82 Å². The van der Waals surface area contributed by atoms with Crippen molar-refractivity contribution in [3.63, 3.8) is 0 Å². The van der Waals surface area contributed by atoms with Crippen molar-refractivity contribution >= 4 is 5.82 Å². The lowest BCUT2D eigenvalue weighted by atomic mass is 9.92. The molecular weight excluding hydrogens is 316 g/mol. The average Bonchev–Trinajstić information content (AvgIpc) is 2.96. The molecule has 1 aliphatic rings. The zero-order valence-electron chi connectivity index (χ0n) is 13.8. The van der Waals surface area contributed by atoms with E-state index in [2.05, 4.69) is 20.4 Å². The van der Waals surface area contributed by atoms with E-state index >= 15 is 0 Å². The summed E-state index contributed by atoms with van der Waals surface area (Å²) in [6.07, 6.45) is 2.40. The summed E-state index contributed by atoms with van der Waals surface area (Å²) in [5, 5.41) is 7.53. The Kier molecular flexibility index (Phi) is 4.64. The van der Waals surface area contributed by atoms with Gasteiger partial charge in [0.25, 0.3) is 5.95 Å². The van der Waals surface area contributed by atoms with E-state index in [1.54, 1.807) is 16.9 Å². The average molecular weight is 337 g/mol. The molecule has 130 valence electrons. The van der Waals surface area contributed by atoms with Crippen LogP contribution in [0.2, 0.25) is 0 Å². The molecule has 3 rings (SSSR count). The van der Waals surface area contributed by atoms with Crippen molar-refractivity contribution in [1.82, 2.24) is 19.7 Å². The first-order valence-corrected chi connectivity index (χ1v) is 8.14. The van der Waals surface area contributed by atoms with E-state index in [0.717, 1.165) is 5.69 Å². The summed E-state index contributed by atoms with van der Waals surface area (Å²) in [5.74, 6) is -1.17. The molecule has 8 heteroatoms. The molecule has 1 fully saturated rings. The van der Waals surface area contributed by atoms with Crippen molar-refractivity contribution in [3.8, 4) is 11.8 Å². The standard InChI is InChI=1S/C16H21F2N5O/c1-3-24-14-10-13(19-12-4-7-16(17,18)8-5-12)20-15(21-14)23-9-6-11(2)22-23/h6,9-10,12H,3-5,7-8H2,1-2H3,(H,19,20,21). The molecule has 0 atom stereocenters. The van der Waals surface area contributed by atoms with Gasteiger partial charge in [0.2, 0.25) is 11.8 Å². The van der Waals surface area contributed by atoms with E-state index < -0.39 is 5.92 Å². The van der Waals surface area contributed by atoms with Crippen LogP contribution in [-0.2, 0) is 0 Å². The van der Waals surface area contributed by atoms with E-state index in [1.165, 1.54) is 0 Å². The summed E-state index contributed by atoms with van der Waals surface area (Å²) < 4.78 is 33.6. The maximum Gasteiger partial charge on any atom is 0.255 e. The maximum atomic E-state index is 13.3. The Bertz CT molecular complexity index is 694. The highest BCUT2D eigenvalue weighted by Crippen LogP contribution is 2.34. The zero-order chi connectivity index (χ0) is 17.2. The third kappa shape index (κ3) is 3.98. The first-order valence-electron chi connectivity index (χ1n) is 8.14. The highest BCUT2D eigenvalue weighted by atomic mass is 19.3. The number of hydrogen-bond acceptors (Lipinski definition) is 5. The predicted molar refractivity (Wildman–Crippen MR) is 85.9 cm³/mol. The van der Waals surface area contributed by atoms with Gasteiger partial charge in [0.05, 0.1) is 12.3 Å². The Morgan fingerprint density at radius 3 is 2.71 bits per heavy atom. The Morgan fingerprint density at radius 2 is 2.08 bits per heavy atom. The fourth-order valence-electron chi connectivity index (χ4n) is 2.73. The number of anilines is 1. The summed E-state index contributed by atoms with van der Waals surface area (Å²) in [5.41, 5.74) is 0.851. The quantitative estimate of drug-likeness (QED) is 0.906. The van der Waals surface area contributed by atoms with Gasteiger partial charge in [0.15, 0.2) is 0 Å². The van der Waals surface area contributed by atoms with Crippen LogP contribution in [0, 0.1) is 6.92 Å². The molecule has 0 unspecified atom stereocenters. The van der Waals surface area contributed by atoms with Gasteiger partial charge in [-0.2, -0.15) is 15.1 Å². The molecule has 0 amide bonds. The molecule has 2 aromatic heterocycles. The summed E-state index contributed by atoms with van der Waals surface area (Å²) in [4.78, 5) is 8.77. The molecule has 1 aliphatic carbocycles. The number of aromatic nitrogens is 4. The lowest BCUT2D eigenvalue weighted by molar-refractivity contribution is -0.0361. The summed E-state index contributed by atoms with van der Waals surface area (Å²) >= 11 is 0. The first-order chi connectivity index (χ1) is 11.4. The topological polar surface area (TPSA) is 64.9 Å². The van der Waals surface area contributed by atoms with Gasteiger partial charge in [-0.05, 0) is 32.8 Å². The highest BCUT2D eigenvalue weighted by Gasteiger charge is 2.35. The molecule has 2 aromatic rings. The maximum absolute atomic E-state index is 13.3. The normalized spacial score (nSPS) is 17.7. The number of halogens is 2. The lowest BCUT2D eigenvalue weighted by Gasteiger charge is -2.29. The molecule has 6 nitrogen and oxygen atoms in total. The smallest absolute Gasteiger partial charge is 0.255 e. The molecular formula is C16H21F2N5O. The second-order valence-corrected chi connectivity index (χ2v) is 6.00. The van der Waals surface area contributed by atoms with Crippen molar-refractivity contribution in [2.45, 2.75) is 51.5 Å². The van der Waals surface area contributed by atoms with Gasteiger partial charge < -0.3 is 10.1 Å². The van der Waals surface area contributed by atoms with Gasteiger partial charge in [-0.25, -0.2) is 13.5 Å². The minimum Gasteiger partial charge on any atom is -0.478 e. The van der Waals surface area contributed by atoms with E-state index in [0.29, 0.717) is 37.1 Å². The summed E-state index contributed by atoms with van der Waals surface area (Å²) in [6, 6.07) is 3.52. The van der Waals surface area contributed by atoms with Crippen LogP contribution in [-0.4, -0.2) is 38.3 Å². The minimum atomic E-state index is -2.54. The van der Waals surface area contributed by atoms with Gasteiger partial charge in [-0.3, -0.25) is 0 Å². The van der Waals surface area contributed by atoms with Crippen molar-refractivity contribution < 1.29 is 13.5 Å². The lowest BCUT2D eigenvalue weighted by Crippen LogP contribution is -2.32. The molecule has 0 aromatic carbocycles. The number of alkyl halides is 2. The van der Waals surface area contributed by atoms with Crippen LogP contribution in [0.3, 0.4) is 0 Å². The van der Waals surface area contributed by atoms with Crippen molar-refractivity contribution in [2.75, 3.05) is 11.9 Å². The predicted octanol–water partition coefficient (Wildman–Crippen LogP) is 3.36. The molecule has 0 spiro atoms. The first kappa shape index (κ1) is 16.6. The van der Waals surface area contributed by atoms with Gasteiger partial charge in [0, 0.05) is 31.1 Å². The monoisotopic (exact) mass is 337 g/mol. The Labute approximate surface area is 139 Å². The van der Waals surface area contributed by atoms with Crippen LogP contribution in [0.4, 0.5) is 14.6 Å². The van der Waals surface area contributed by atoms with Crippen LogP contribution in [0.1, 0.15) is 38.3 Å². The van der Waals surface area contributed by atoms with E-state index in [9.17, 15) is 8.78 Å². The fraction of sp³-hybridized carbons (Fsp3) is 0.562. The molecule has 0 aliphatic heterocycles. The van der Waals surface area contributed by atoms with Crippen LogP contribution in [0.15, 0.2) is 18.3 Å². The third-order valence-corrected chi connectivity index (χ3v) is 3.98. The zero-order valence-corrected chi connectivity index (χ0v) is 13.8. The molecule has 2 heterocycles. The highest BCUT2D eigenvalue weighted by molar-refractivity contribution is 5.42. The second kappa shape index (κ2) is 6.70. The fourth-order valence-corrected chi connectivity index (χ4v) is 2.73. The number of nitrogens with one attached hydrogen (secondary N) is 1. The van der Waals surface area contributed by atoms with Crippen LogP contribution in [0.5, 0.6) is 5.88 Å². The minimum absolute atomic E-state index is 0.0267. The molecule has 0 radical (unpaired) electrons. The number of ether oxygens (including phenoxy) is 1. The Hall–Kier alpha value is -2.25. The number of aryl methyl sites for hydroxylation is 1. The van der Waals surface area contributed by atoms with Gasteiger partial charge >= 0.3 is 0 Å². The second-order valence-electron chi connectivity index (χ2n) is 6.00. The SMILES string of the molecule is CCOc1cc(NC2CCC(F)(F)CC2)nc(-n2ccc(C)n2)n1. The van der Waals surface area contributed by atoms with E-state index in [-0.39, 0.29) is 18.9 Å². The van der Waals surface area contributed by atoms with Crippen molar-refractivity contribution in [3.05, 3.63) is 24.0 Å². The van der Waals surface area contributed by atoms with Gasteiger partial charge in [-0.15, -0.1) is 0 Å². The molecule has 1 N–H and O–H groups in total. The molecule has 0 bridgehead atoms. The van der Waals surface area contributed by atoms with Crippen LogP contribution >= 0.6 is 0 Å². The third-order valence-electron chi connectivity index (χ3n) is 3.98. The number of rotatable bonds is 5. The van der Waals surface area contributed by atoms with Crippen LogP contribution in [0.25, 0.3) is 5.95 Å². The van der Waals surface area contributed by atoms with Crippen molar-refractivity contribution in [1.29, 1.82) is 0 Å². The Morgan fingerprint density at radius 1 is 1.33 bits per heavy atom. The summed E-state index contributed by atoms with van der Waals surface area (Å²) in [6.45, 7) is 4.23. The molecule has 1 saturated carbocycles.